The van der Waals surface area contributed by atoms with Gasteiger partial charge in [-0.25, -0.2) is 4.79 Å². The predicted molar refractivity (Wildman–Crippen MR) is 60.2 cm³/mol. The van der Waals surface area contributed by atoms with Gasteiger partial charge in [0.25, 0.3) is 0 Å². The van der Waals surface area contributed by atoms with Gasteiger partial charge in [-0.05, 0) is 18.3 Å². The monoisotopic (exact) mass is 228 g/mol. The van der Waals surface area contributed by atoms with E-state index in [9.17, 15) is 9.59 Å². The number of carboxylic acid groups (broad SMARTS) is 1. The first-order chi connectivity index (χ1) is 7.41. The van der Waals surface area contributed by atoms with E-state index in [0.717, 1.165) is 25.9 Å². The number of hydrogen-bond donors (Lipinski definition) is 2. The van der Waals surface area contributed by atoms with E-state index in [1.165, 1.54) is 0 Å². The van der Waals surface area contributed by atoms with E-state index in [4.69, 9.17) is 5.11 Å². The van der Waals surface area contributed by atoms with Gasteiger partial charge in [0.1, 0.15) is 0 Å². The summed E-state index contributed by atoms with van der Waals surface area (Å²) in [5.74, 6) is -0.889. The minimum absolute atomic E-state index is 0.0227. The molecule has 1 aliphatic heterocycles. The van der Waals surface area contributed by atoms with Gasteiger partial charge in [-0.3, -0.25) is 4.79 Å². The van der Waals surface area contributed by atoms with Gasteiger partial charge in [-0.2, -0.15) is 0 Å². The fourth-order valence-corrected chi connectivity index (χ4v) is 1.70. The summed E-state index contributed by atoms with van der Waals surface area (Å²) in [6.07, 6.45) is 1.98. The van der Waals surface area contributed by atoms with Crippen LogP contribution in [0.1, 0.15) is 33.1 Å². The minimum atomic E-state index is -0.889. The molecule has 1 saturated heterocycles. The molecule has 0 aromatic carbocycles. The van der Waals surface area contributed by atoms with Crippen LogP contribution in [-0.2, 0) is 4.79 Å². The van der Waals surface area contributed by atoms with Gasteiger partial charge in [0, 0.05) is 19.6 Å². The fraction of sp³-hybridized carbons (Fsp3) is 0.818. The zero-order valence-electron chi connectivity index (χ0n) is 9.95. The highest BCUT2D eigenvalue weighted by Crippen LogP contribution is 2.29. The van der Waals surface area contributed by atoms with Gasteiger partial charge < -0.3 is 15.3 Å². The van der Waals surface area contributed by atoms with Crippen molar-refractivity contribution in [2.45, 2.75) is 33.1 Å². The molecule has 0 saturated carbocycles. The van der Waals surface area contributed by atoms with Crippen LogP contribution in [0, 0.1) is 5.41 Å². The van der Waals surface area contributed by atoms with Gasteiger partial charge >= 0.3 is 12.0 Å². The first kappa shape index (κ1) is 12.8. The summed E-state index contributed by atoms with van der Waals surface area (Å²) in [6, 6.07) is -0.142. The Hall–Kier alpha value is -1.26. The van der Waals surface area contributed by atoms with E-state index in [1.807, 2.05) is 0 Å². The molecule has 0 aromatic heterocycles. The van der Waals surface area contributed by atoms with Gasteiger partial charge in [-0.15, -0.1) is 0 Å². The van der Waals surface area contributed by atoms with Crippen molar-refractivity contribution in [1.29, 1.82) is 0 Å². The number of rotatable bonds is 3. The largest absolute Gasteiger partial charge is 0.481 e. The molecule has 1 heterocycles. The summed E-state index contributed by atoms with van der Waals surface area (Å²) >= 11 is 0. The van der Waals surface area contributed by atoms with Crippen LogP contribution in [0.4, 0.5) is 4.79 Å². The van der Waals surface area contributed by atoms with Gasteiger partial charge in [0.05, 0.1) is 6.42 Å². The Morgan fingerprint density at radius 2 is 1.88 bits per heavy atom. The number of hydrogen-bond acceptors (Lipinski definition) is 2. The third-order valence-electron chi connectivity index (χ3n) is 3.02. The van der Waals surface area contributed by atoms with Crippen LogP contribution in [0.2, 0.25) is 0 Å². The molecule has 0 aliphatic carbocycles. The molecule has 5 heteroatoms. The lowest BCUT2D eigenvalue weighted by Crippen LogP contribution is -2.46. The normalized spacial score (nSPS) is 19.2. The zero-order chi connectivity index (χ0) is 12.2. The second-order valence-corrected chi connectivity index (χ2v) is 5.03. The van der Waals surface area contributed by atoms with E-state index in [-0.39, 0.29) is 19.0 Å². The summed E-state index contributed by atoms with van der Waals surface area (Å²) in [5, 5.41) is 11.1. The third kappa shape index (κ3) is 4.08. The number of likely N-dealkylation sites (tertiary alicyclic amines) is 1. The molecule has 0 atom stereocenters. The lowest BCUT2D eigenvalue weighted by atomic mass is 9.83. The summed E-state index contributed by atoms with van der Waals surface area (Å²) in [5.41, 5.74) is 0.317. The van der Waals surface area contributed by atoms with Crippen molar-refractivity contribution in [2.24, 2.45) is 5.41 Å². The van der Waals surface area contributed by atoms with Crippen LogP contribution in [0.25, 0.3) is 0 Å². The number of carbonyl (C=O) groups is 2. The number of aliphatic carboxylic acids is 1. The summed E-state index contributed by atoms with van der Waals surface area (Å²) in [4.78, 5) is 23.6. The van der Waals surface area contributed by atoms with Crippen molar-refractivity contribution >= 4 is 12.0 Å². The zero-order valence-corrected chi connectivity index (χ0v) is 9.95. The highest BCUT2D eigenvalue weighted by Gasteiger charge is 2.27. The molecule has 5 nitrogen and oxygen atoms in total. The van der Waals surface area contributed by atoms with Gasteiger partial charge in [-0.1, -0.05) is 13.8 Å². The topological polar surface area (TPSA) is 69.6 Å². The Labute approximate surface area is 95.8 Å². The van der Waals surface area contributed by atoms with Crippen molar-refractivity contribution in [3.05, 3.63) is 0 Å². The van der Waals surface area contributed by atoms with Crippen LogP contribution >= 0.6 is 0 Å². The molecule has 1 aliphatic rings. The molecule has 92 valence electrons. The lowest BCUT2D eigenvalue weighted by Gasteiger charge is -2.36. The van der Waals surface area contributed by atoms with Gasteiger partial charge in [0.15, 0.2) is 0 Å². The van der Waals surface area contributed by atoms with E-state index >= 15 is 0 Å². The number of nitrogens with one attached hydrogen (secondary N) is 1. The summed E-state index contributed by atoms with van der Waals surface area (Å²) in [6.45, 7) is 6.12. The first-order valence-electron chi connectivity index (χ1n) is 5.65. The van der Waals surface area contributed by atoms with Crippen molar-refractivity contribution in [1.82, 2.24) is 10.2 Å². The van der Waals surface area contributed by atoms with Crippen LogP contribution in [-0.4, -0.2) is 41.6 Å². The molecule has 0 radical (unpaired) electrons. The Morgan fingerprint density at radius 1 is 1.31 bits per heavy atom. The van der Waals surface area contributed by atoms with Crippen LogP contribution in [0.15, 0.2) is 0 Å². The third-order valence-corrected chi connectivity index (χ3v) is 3.02. The van der Waals surface area contributed by atoms with E-state index in [0.29, 0.717) is 5.41 Å². The summed E-state index contributed by atoms with van der Waals surface area (Å²) < 4.78 is 0. The number of carbonyl (C=O) groups excluding carboxylic acids is 1. The van der Waals surface area contributed by atoms with Crippen molar-refractivity contribution in [3.8, 4) is 0 Å². The highest BCUT2D eigenvalue weighted by atomic mass is 16.4. The Morgan fingerprint density at radius 3 is 2.38 bits per heavy atom. The lowest BCUT2D eigenvalue weighted by molar-refractivity contribution is -0.136. The van der Waals surface area contributed by atoms with E-state index < -0.39 is 5.97 Å². The Kier molecular flexibility index (Phi) is 4.15. The molecule has 1 rings (SSSR count). The standard InChI is InChI=1S/C11H20N2O3/c1-11(2)4-7-13(8-5-11)10(16)12-6-3-9(14)15/h3-8H2,1-2H3,(H,12,16)(H,14,15). The smallest absolute Gasteiger partial charge is 0.317 e. The number of nitrogens with zero attached hydrogens (tertiary/aromatic N) is 1. The van der Waals surface area contributed by atoms with Crippen molar-refractivity contribution in [2.75, 3.05) is 19.6 Å². The molecule has 0 unspecified atom stereocenters. The second kappa shape index (κ2) is 5.18. The molecule has 0 spiro atoms. The average molecular weight is 228 g/mol. The van der Waals surface area contributed by atoms with Crippen molar-refractivity contribution < 1.29 is 14.7 Å². The Bertz CT molecular complexity index is 266. The summed E-state index contributed by atoms with van der Waals surface area (Å²) in [7, 11) is 0. The maximum absolute atomic E-state index is 11.6. The molecule has 1 fully saturated rings. The van der Waals surface area contributed by atoms with Crippen molar-refractivity contribution in [3.63, 3.8) is 0 Å². The highest BCUT2D eigenvalue weighted by molar-refractivity contribution is 5.75. The fourth-order valence-electron chi connectivity index (χ4n) is 1.70. The maximum Gasteiger partial charge on any atom is 0.317 e. The van der Waals surface area contributed by atoms with E-state index in [1.54, 1.807) is 4.90 Å². The average Bonchev–Trinajstić information content (AvgIpc) is 2.16. The number of carboxylic acids is 1. The predicted octanol–water partition coefficient (Wildman–Crippen LogP) is 1.29. The van der Waals surface area contributed by atoms with E-state index in [2.05, 4.69) is 19.2 Å². The molecular formula is C11H20N2O3. The van der Waals surface area contributed by atoms with Crippen LogP contribution in [0.3, 0.4) is 0 Å². The molecule has 0 bridgehead atoms. The Balaban J connectivity index is 2.25. The minimum Gasteiger partial charge on any atom is -0.481 e. The quantitative estimate of drug-likeness (QED) is 0.764. The number of urea groups is 1. The molecule has 2 amide bonds. The van der Waals surface area contributed by atoms with Crippen LogP contribution in [0.5, 0.6) is 0 Å². The van der Waals surface area contributed by atoms with Crippen LogP contribution < -0.4 is 5.32 Å². The maximum atomic E-state index is 11.6. The molecule has 2 N–H and O–H groups in total. The molecule has 0 aromatic rings. The first-order valence-corrected chi connectivity index (χ1v) is 5.65. The second-order valence-electron chi connectivity index (χ2n) is 5.03. The number of amides is 2. The molecular weight excluding hydrogens is 208 g/mol. The number of piperidine rings is 1. The molecule has 16 heavy (non-hydrogen) atoms. The SMILES string of the molecule is CC1(C)CCN(C(=O)NCCC(=O)O)CC1. The van der Waals surface area contributed by atoms with Gasteiger partial charge in [0.2, 0.25) is 0 Å².